The molecular formula is C21H24FN5O4. The zero-order valence-electron chi connectivity index (χ0n) is 17.3. The monoisotopic (exact) mass is 429 g/mol. The Labute approximate surface area is 177 Å². The van der Waals surface area contributed by atoms with Crippen molar-refractivity contribution in [1.29, 1.82) is 0 Å². The number of aromatic amines is 2. The maximum atomic E-state index is 13.9. The highest BCUT2D eigenvalue weighted by Crippen LogP contribution is 2.28. The van der Waals surface area contributed by atoms with Crippen molar-refractivity contribution in [2.75, 3.05) is 26.7 Å². The smallest absolute Gasteiger partial charge is 0.274 e. The Morgan fingerprint density at radius 1 is 1.35 bits per heavy atom. The third-order valence-electron chi connectivity index (χ3n) is 5.62. The largest absolute Gasteiger partial charge is 0.395 e. The summed E-state index contributed by atoms with van der Waals surface area (Å²) in [7, 11) is 1.58. The number of aromatic nitrogens is 3. The van der Waals surface area contributed by atoms with E-state index in [0.29, 0.717) is 35.0 Å². The first-order chi connectivity index (χ1) is 14.8. The molecule has 0 fully saturated rings. The van der Waals surface area contributed by atoms with Crippen LogP contribution in [-0.4, -0.2) is 73.8 Å². The predicted octanol–water partition coefficient (Wildman–Crippen LogP) is 1.35. The third kappa shape index (κ3) is 3.79. The van der Waals surface area contributed by atoms with E-state index in [1.165, 1.54) is 17.0 Å². The molecule has 0 spiro atoms. The fourth-order valence-electron chi connectivity index (χ4n) is 3.94. The van der Waals surface area contributed by atoms with Crippen LogP contribution in [-0.2, 0) is 13.0 Å². The molecule has 2 amide bonds. The number of halogens is 1. The van der Waals surface area contributed by atoms with Crippen molar-refractivity contribution < 1.29 is 24.2 Å². The van der Waals surface area contributed by atoms with Gasteiger partial charge in [0.2, 0.25) is 0 Å². The number of benzene rings is 1. The van der Waals surface area contributed by atoms with Gasteiger partial charge in [-0.2, -0.15) is 5.10 Å². The summed E-state index contributed by atoms with van der Waals surface area (Å²) >= 11 is 0. The van der Waals surface area contributed by atoms with Crippen LogP contribution in [0.2, 0.25) is 0 Å². The van der Waals surface area contributed by atoms with Gasteiger partial charge < -0.3 is 25.0 Å². The number of aliphatic hydroxyl groups is 2. The molecule has 9 nitrogen and oxygen atoms in total. The minimum Gasteiger partial charge on any atom is -0.395 e. The number of hydrogen-bond acceptors (Lipinski definition) is 5. The lowest BCUT2D eigenvalue weighted by Crippen LogP contribution is -2.37. The van der Waals surface area contributed by atoms with Gasteiger partial charge in [0.1, 0.15) is 11.5 Å². The number of fused-ring (bicyclic) bond motifs is 2. The van der Waals surface area contributed by atoms with Crippen LogP contribution >= 0.6 is 0 Å². The molecule has 1 aromatic carbocycles. The van der Waals surface area contributed by atoms with Crippen LogP contribution < -0.4 is 0 Å². The zero-order chi connectivity index (χ0) is 22.3. The highest BCUT2D eigenvalue weighted by Gasteiger charge is 2.30. The number of carbonyl (C=O) groups excluding carboxylic acids is 2. The van der Waals surface area contributed by atoms with Crippen molar-refractivity contribution in [2.45, 2.75) is 26.0 Å². The number of nitrogens with zero attached hydrogens (tertiary/aromatic N) is 3. The summed E-state index contributed by atoms with van der Waals surface area (Å²) in [4.78, 5) is 31.7. The maximum absolute atomic E-state index is 13.9. The molecule has 10 heteroatoms. The van der Waals surface area contributed by atoms with Gasteiger partial charge in [-0.25, -0.2) is 4.39 Å². The van der Waals surface area contributed by atoms with Crippen molar-refractivity contribution in [2.24, 2.45) is 0 Å². The molecule has 0 radical (unpaired) electrons. The quantitative estimate of drug-likeness (QED) is 0.487. The van der Waals surface area contributed by atoms with E-state index in [1.807, 2.05) is 0 Å². The molecular weight excluding hydrogens is 405 g/mol. The highest BCUT2D eigenvalue weighted by atomic mass is 19.1. The fourth-order valence-corrected chi connectivity index (χ4v) is 3.94. The molecule has 0 saturated heterocycles. The summed E-state index contributed by atoms with van der Waals surface area (Å²) in [6.45, 7) is 2.20. The van der Waals surface area contributed by atoms with Gasteiger partial charge in [-0.1, -0.05) is 0 Å². The van der Waals surface area contributed by atoms with E-state index < -0.39 is 11.9 Å². The van der Waals surface area contributed by atoms with E-state index in [0.717, 1.165) is 5.69 Å². The fraction of sp³-hybridized carbons (Fsp3) is 0.381. The Balaban J connectivity index is 1.62. The van der Waals surface area contributed by atoms with Gasteiger partial charge in [-0.05, 0) is 30.7 Å². The van der Waals surface area contributed by atoms with Crippen molar-refractivity contribution >= 4 is 22.7 Å². The summed E-state index contributed by atoms with van der Waals surface area (Å²) in [5.74, 6) is -1.12. The molecule has 2 aromatic heterocycles. The second-order valence-electron chi connectivity index (χ2n) is 7.77. The molecule has 0 aliphatic carbocycles. The topological polar surface area (TPSA) is 126 Å². The lowest BCUT2D eigenvalue weighted by molar-refractivity contribution is 0.0714. The summed E-state index contributed by atoms with van der Waals surface area (Å²) in [6, 6.07) is 4.16. The van der Waals surface area contributed by atoms with Crippen molar-refractivity contribution in [3.63, 3.8) is 0 Å². The Morgan fingerprint density at radius 3 is 2.84 bits per heavy atom. The molecule has 0 saturated carbocycles. The second-order valence-corrected chi connectivity index (χ2v) is 7.77. The lowest BCUT2D eigenvalue weighted by Gasteiger charge is -2.27. The van der Waals surface area contributed by atoms with E-state index in [1.54, 1.807) is 24.9 Å². The molecule has 0 bridgehead atoms. The number of aliphatic hydroxyl groups excluding tert-OH is 2. The Hall–Kier alpha value is -3.24. The van der Waals surface area contributed by atoms with Gasteiger partial charge >= 0.3 is 0 Å². The van der Waals surface area contributed by atoms with Gasteiger partial charge in [-0.3, -0.25) is 14.7 Å². The summed E-state index contributed by atoms with van der Waals surface area (Å²) < 4.78 is 13.9. The molecule has 4 N–H and O–H groups in total. The first-order valence-electron chi connectivity index (χ1n) is 10.0. The van der Waals surface area contributed by atoms with Crippen molar-refractivity contribution in [1.82, 2.24) is 25.0 Å². The van der Waals surface area contributed by atoms with Crippen LogP contribution in [0.15, 0.2) is 18.2 Å². The van der Waals surface area contributed by atoms with E-state index in [2.05, 4.69) is 15.2 Å². The Bertz CT molecular complexity index is 1150. The lowest BCUT2D eigenvalue weighted by atomic mass is 10.0. The van der Waals surface area contributed by atoms with Crippen LogP contribution in [0, 0.1) is 5.82 Å². The van der Waals surface area contributed by atoms with Gasteiger partial charge in [0.05, 0.1) is 19.3 Å². The predicted molar refractivity (Wildman–Crippen MR) is 110 cm³/mol. The molecule has 1 unspecified atom stereocenters. The summed E-state index contributed by atoms with van der Waals surface area (Å²) in [5.41, 5.74) is 2.81. The number of amides is 2. The highest BCUT2D eigenvalue weighted by molar-refractivity contribution is 5.99. The number of rotatable bonds is 5. The van der Waals surface area contributed by atoms with Gasteiger partial charge in [0, 0.05) is 48.7 Å². The molecule has 1 aliphatic heterocycles. The average Bonchev–Trinajstić information content (AvgIpc) is 3.35. The molecule has 164 valence electrons. The minimum absolute atomic E-state index is 0.158. The van der Waals surface area contributed by atoms with Crippen LogP contribution in [0.5, 0.6) is 0 Å². The minimum atomic E-state index is -0.884. The molecule has 1 atom stereocenters. The van der Waals surface area contributed by atoms with Crippen molar-refractivity contribution in [3.8, 4) is 0 Å². The van der Waals surface area contributed by atoms with E-state index in [9.17, 15) is 19.1 Å². The Morgan fingerprint density at radius 2 is 2.13 bits per heavy atom. The molecule has 3 aromatic rings. The first-order valence-corrected chi connectivity index (χ1v) is 10.0. The molecule has 1 aliphatic rings. The number of likely N-dealkylation sites (N-methyl/N-ethyl adjacent to an activating group) is 1. The van der Waals surface area contributed by atoms with Crippen LogP contribution in [0.4, 0.5) is 4.39 Å². The number of nitrogens with one attached hydrogen (secondary N) is 2. The number of carbonyl (C=O) groups is 2. The van der Waals surface area contributed by atoms with Gasteiger partial charge in [0.15, 0.2) is 5.69 Å². The SMILES string of the molecule is CC(O)c1cc(F)cc2[nH]c(C(=O)N3CCc4[nH]nc(C(=O)N(C)CCO)c4C3)cc12. The van der Waals surface area contributed by atoms with Gasteiger partial charge in [0.25, 0.3) is 11.8 Å². The van der Waals surface area contributed by atoms with Crippen LogP contribution in [0.1, 0.15) is 50.8 Å². The normalized spacial score (nSPS) is 14.5. The van der Waals surface area contributed by atoms with Crippen molar-refractivity contribution in [3.05, 3.63) is 52.2 Å². The zero-order valence-corrected chi connectivity index (χ0v) is 17.3. The Kier molecular flexibility index (Phi) is 5.50. The molecule has 3 heterocycles. The molecule has 31 heavy (non-hydrogen) atoms. The summed E-state index contributed by atoms with van der Waals surface area (Å²) in [5, 5.41) is 26.6. The van der Waals surface area contributed by atoms with Gasteiger partial charge in [-0.15, -0.1) is 0 Å². The van der Waals surface area contributed by atoms with E-state index in [-0.39, 0.29) is 42.9 Å². The summed E-state index contributed by atoms with van der Waals surface area (Å²) in [6.07, 6.45) is -0.372. The van der Waals surface area contributed by atoms with Crippen LogP contribution in [0.25, 0.3) is 10.9 Å². The third-order valence-corrected chi connectivity index (χ3v) is 5.62. The first kappa shape index (κ1) is 21.0. The average molecular weight is 429 g/mol. The number of hydrogen-bond donors (Lipinski definition) is 4. The van der Waals surface area contributed by atoms with Crippen LogP contribution in [0.3, 0.4) is 0 Å². The second kappa shape index (κ2) is 8.12. The maximum Gasteiger partial charge on any atom is 0.274 e. The standard InChI is InChI=1S/C21H24FN5O4/c1-11(29)13-7-12(22)8-17-14(13)9-18(23-17)20(30)27-4-3-16-15(10-27)19(25-24-16)21(31)26(2)5-6-28/h7-9,11,23,28-29H,3-6,10H2,1-2H3,(H,24,25). The van der Waals surface area contributed by atoms with E-state index >= 15 is 0 Å². The molecule has 4 rings (SSSR count). The number of H-pyrrole nitrogens is 2. The van der Waals surface area contributed by atoms with E-state index in [4.69, 9.17) is 5.11 Å².